The van der Waals surface area contributed by atoms with E-state index in [0.29, 0.717) is 0 Å². The molecule has 2 nitrogen and oxygen atoms in total. The Morgan fingerprint density at radius 2 is 0.909 bits per heavy atom. The molecule has 0 fully saturated rings. The molecule has 0 aliphatic rings. The molecule has 0 rings (SSSR count). The molecule has 1 unspecified atom stereocenters. The van der Waals surface area contributed by atoms with Gasteiger partial charge in [-0.1, -0.05) is 96.8 Å². The molecule has 0 aromatic carbocycles. The first-order valence-electron chi connectivity index (χ1n) is 10.1. The molecular formula is C20H42O2. The minimum atomic E-state index is -0.190. The van der Waals surface area contributed by atoms with Gasteiger partial charge in [-0.15, -0.1) is 0 Å². The predicted octanol–water partition coefficient (Wildman–Crippen LogP) is 5.99. The Morgan fingerprint density at radius 3 is 1.32 bits per heavy atom. The summed E-state index contributed by atoms with van der Waals surface area (Å²) in [5.74, 6) is 0. The van der Waals surface area contributed by atoms with E-state index in [-0.39, 0.29) is 12.7 Å². The molecule has 0 bridgehead atoms. The summed E-state index contributed by atoms with van der Waals surface area (Å²) in [6, 6.07) is 0. The average Bonchev–Trinajstić information content (AvgIpc) is 2.53. The smallest absolute Gasteiger partial charge is 0.0541 e. The second kappa shape index (κ2) is 19.0. The number of aliphatic hydroxyl groups excluding tert-OH is 2. The second-order valence-corrected chi connectivity index (χ2v) is 6.90. The van der Waals surface area contributed by atoms with Crippen molar-refractivity contribution in [2.75, 3.05) is 6.61 Å². The number of hydrogen-bond donors (Lipinski definition) is 2. The van der Waals surface area contributed by atoms with Crippen LogP contribution >= 0.6 is 0 Å². The van der Waals surface area contributed by atoms with Crippen molar-refractivity contribution >= 4 is 0 Å². The van der Waals surface area contributed by atoms with E-state index in [1.165, 1.54) is 83.5 Å². The fourth-order valence-electron chi connectivity index (χ4n) is 3.05. The summed E-state index contributed by atoms with van der Waals surface area (Å²) in [7, 11) is 0. The van der Waals surface area contributed by atoms with Crippen molar-refractivity contribution in [2.24, 2.45) is 0 Å². The second-order valence-electron chi connectivity index (χ2n) is 6.90. The van der Waals surface area contributed by atoms with Gasteiger partial charge in [0.15, 0.2) is 0 Å². The summed E-state index contributed by atoms with van der Waals surface area (Å²) in [5.41, 5.74) is 0. The van der Waals surface area contributed by atoms with Crippen molar-refractivity contribution in [2.45, 2.75) is 122 Å². The highest BCUT2D eigenvalue weighted by atomic mass is 16.3. The topological polar surface area (TPSA) is 40.5 Å². The summed E-state index contributed by atoms with van der Waals surface area (Å²) < 4.78 is 0. The third-order valence-electron chi connectivity index (χ3n) is 4.59. The van der Waals surface area contributed by atoms with Crippen LogP contribution in [0.25, 0.3) is 0 Å². The van der Waals surface area contributed by atoms with E-state index in [1.54, 1.807) is 0 Å². The molecule has 0 aromatic rings. The molecule has 1 atom stereocenters. The highest BCUT2D eigenvalue weighted by Crippen LogP contribution is 2.14. The SMILES string of the molecule is CCCCCCCCCCCCCCCCC(O)CCCO. The van der Waals surface area contributed by atoms with Crippen LogP contribution in [0.15, 0.2) is 0 Å². The van der Waals surface area contributed by atoms with Crippen LogP contribution in [-0.2, 0) is 0 Å². The van der Waals surface area contributed by atoms with E-state index < -0.39 is 0 Å². The minimum Gasteiger partial charge on any atom is -0.396 e. The van der Waals surface area contributed by atoms with Crippen molar-refractivity contribution in [3.63, 3.8) is 0 Å². The zero-order valence-corrected chi connectivity index (χ0v) is 15.2. The molecule has 0 aliphatic carbocycles. The maximum atomic E-state index is 9.66. The Morgan fingerprint density at radius 1 is 0.545 bits per heavy atom. The Bertz CT molecular complexity index is 194. The average molecular weight is 315 g/mol. The summed E-state index contributed by atoms with van der Waals surface area (Å²) in [6.07, 6.45) is 21.5. The van der Waals surface area contributed by atoms with E-state index in [9.17, 15) is 5.11 Å². The number of aliphatic hydroxyl groups is 2. The van der Waals surface area contributed by atoms with Gasteiger partial charge in [0.05, 0.1) is 6.10 Å². The summed E-state index contributed by atoms with van der Waals surface area (Å²) in [5, 5.41) is 18.4. The Balaban J connectivity index is 3.02. The molecule has 0 aliphatic heterocycles. The molecule has 0 spiro atoms. The van der Waals surface area contributed by atoms with Gasteiger partial charge in [0.1, 0.15) is 0 Å². The Labute approximate surface area is 139 Å². The molecule has 0 aromatic heterocycles. The predicted molar refractivity (Wildman–Crippen MR) is 97.3 cm³/mol. The molecule has 134 valence electrons. The molecule has 0 heterocycles. The van der Waals surface area contributed by atoms with E-state index >= 15 is 0 Å². The Hall–Kier alpha value is -0.0800. The highest BCUT2D eigenvalue weighted by molar-refractivity contribution is 4.56. The van der Waals surface area contributed by atoms with Crippen LogP contribution < -0.4 is 0 Å². The van der Waals surface area contributed by atoms with Gasteiger partial charge in [0.25, 0.3) is 0 Å². The minimum absolute atomic E-state index is 0.190. The van der Waals surface area contributed by atoms with Crippen LogP contribution in [0, 0.1) is 0 Å². The van der Waals surface area contributed by atoms with Crippen molar-refractivity contribution in [3.05, 3.63) is 0 Å². The van der Waals surface area contributed by atoms with Gasteiger partial charge < -0.3 is 10.2 Å². The molecule has 22 heavy (non-hydrogen) atoms. The van der Waals surface area contributed by atoms with E-state index in [0.717, 1.165) is 25.7 Å². The van der Waals surface area contributed by atoms with Crippen molar-refractivity contribution in [3.8, 4) is 0 Å². The fourth-order valence-corrected chi connectivity index (χ4v) is 3.05. The van der Waals surface area contributed by atoms with Gasteiger partial charge in [0, 0.05) is 6.61 Å². The maximum absolute atomic E-state index is 9.66. The highest BCUT2D eigenvalue weighted by Gasteiger charge is 2.02. The van der Waals surface area contributed by atoms with Crippen LogP contribution in [0.2, 0.25) is 0 Å². The zero-order chi connectivity index (χ0) is 16.3. The molecule has 0 saturated carbocycles. The van der Waals surface area contributed by atoms with Crippen molar-refractivity contribution in [1.82, 2.24) is 0 Å². The van der Waals surface area contributed by atoms with Gasteiger partial charge in [-0.3, -0.25) is 0 Å². The normalized spacial score (nSPS) is 12.7. The van der Waals surface area contributed by atoms with Crippen LogP contribution in [0.1, 0.15) is 116 Å². The van der Waals surface area contributed by atoms with E-state index in [2.05, 4.69) is 6.92 Å². The van der Waals surface area contributed by atoms with Gasteiger partial charge in [0.2, 0.25) is 0 Å². The van der Waals surface area contributed by atoms with Crippen molar-refractivity contribution < 1.29 is 10.2 Å². The monoisotopic (exact) mass is 314 g/mol. The van der Waals surface area contributed by atoms with Crippen molar-refractivity contribution in [1.29, 1.82) is 0 Å². The summed E-state index contributed by atoms with van der Waals surface area (Å²) >= 11 is 0. The maximum Gasteiger partial charge on any atom is 0.0541 e. The molecule has 0 amide bonds. The van der Waals surface area contributed by atoms with Gasteiger partial charge in [-0.25, -0.2) is 0 Å². The molecule has 0 saturated heterocycles. The Kier molecular flexibility index (Phi) is 18.9. The standard InChI is InChI=1S/C20H42O2/c1-2-3-4-5-6-7-8-9-10-11-12-13-14-15-17-20(22)18-16-19-21/h20-22H,2-19H2,1H3. The van der Waals surface area contributed by atoms with Crippen LogP contribution in [0.5, 0.6) is 0 Å². The summed E-state index contributed by atoms with van der Waals surface area (Å²) in [6.45, 7) is 2.48. The molecule has 2 N–H and O–H groups in total. The van der Waals surface area contributed by atoms with E-state index in [1.807, 2.05) is 0 Å². The molecule has 0 radical (unpaired) electrons. The summed E-state index contributed by atoms with van der Waals surface area (Å²) in [4.78, 5) is 0. The van der Waals surface area contributed by atoms with Crippen LogP contribution in [0.3, 0.4) is 0 Å². The first kappa shape index (κ1) is 21.9. The lowest BCUT2D eigenvalue weighted by Crippen LogP contribution is -2.06. The lowest BCUT2D eigenvalue weighted by atomic mass is 10.0. The van der Waals surface area contributed by atoms with Gasteiger partial charge >= 0.3 is 0 Å². The van der Waals surface area contributed by atoms with E-state index in [4.69, 9.17) is 5.11 Å². The van der Waals surface area contributed by atoms with Gasteiger partial charge in [-0.05, 0) is 19.3 Å². The number of unbranched alkanes of at least 4 members (excludes halogenated alkanes) is 13. The molecular weight excluding hydrogens is 272 g/mol. The third kappa shape index (κ3) is 18.0. The zero-order valence-electron chi connectivity index (χ0n) is 15.2. The largest absolute Gasteiger partial charge is 0.396 e. The van der Waals surface area contributed by atoms with Gasteiger partial charge in [-0.2, -0.15) is 0 Å². The lowest BCUT2D eigenvalue weighted by Gasteiger charge is -2.09. The fraction of sp³-hybridized carbons (Fsp3) is 1.00. The number of hydrogen-bond acceptors (Lipinski definition) is 2. The third-order valence-corrected chi connectivity index (χ3v) is 4.59. The first-order valence-corrected chi connectivity index (χ1v) is 10.1. The quantitative estimate of drug-likeness (QED) is 0.305. The first-order chi connectivity index (χ1) is 10.8. The number of rotatable bonds is 18. The van der Waals surface area contributed by atoms with Crippen LogP contribution in [0.4, 0.5) is 0 Å². The van der Waals surface area contributed by atoms with Crippen LogP contribution in [-0.4, -0.2) is 22.9 Å². The molecule has 2 heteroatoms. The lowest BCUT2D eigenvalue weighted by molar-refractivity contribution is 0.137.